The maximum atomic E-state index is 5.92. The number of rotatable bonds is 0. The van der Waals surface area contributed by atoms with Gasteiger partial charge in [-0.2, -0.15) is 0 Å². The fraction of sp³-hybridized carbons (Fsp3) is 1.00. The maximum Gasteiger partial charge on any atom is 0.0983 e. The van der Waals surface area contributed by atoms with Crippen LogP contribution in [0.15, 0.2) is 0 Å². The molecule has 0 aromatic rings. The zero-order valence-corrected chi connectivity index (χ0v) is 7.65. The lowest BCUT2D eigenvalue weighted by Gasteiger charge is -2.33. The Morgan fingerprint density at radius 1 is 0.846 bits per heavy atom. The Labute approximate surface area is 77.8 Å². The first-order chi connectivity index (χ1) is 6.42. The highest BCUT2D eigenvalue weighted by Gasteiger charge is 2.88. The average molecular weight is 174 g/mol. The van der Waals surface area contributed by atoms with Crippen LogP contribution in [-0.2, 0) is 4.74 Å². The summed E-state index contributed by atoms with van der Waals surface area (Å²) < 4.78 is 5.92. The molecule has 7 fully saturated rings. The summed E-state index contributed by atoms with van der Waals surface area (Å²) in [6.07, 6.45) is 3.23. The molecule has 1 nitrogen and oxygen atoms in total. The Morgan fingerprint density at radius 3 is 1.85 bits per heavy atom. The normalized spacial score (nSPS) is 88.6. The third kappa shape index (κ3) is 0.319. The van der Waals surface area contributed by atoms with E-state index in [1.54, 1.807) is 12.8 Å². The smallest absolute Gasteiger partial charge is 0.0983 e. The van der Waals surface area contributed by atoms with Gasteiger partial charge in [-0.25, -0.2) is 0 Å². The van der Waals surface area contributed by atoms with E-state index in [4.69, 9.17) is 4.74 Å². The lowest BCUT2D eigenvalue weighted by atomic mass is 9.71. The summed E-state index contributed by atoms with van der Waals surface area (Å²) in [6, 6.07) is 0. The van der Waals surface area contributed by atoms with Crippen molar-refractivity contribution in [3.63, 3.8) is 0 Å². The fourth-order valence-electron chi connectivity index (χ4n) is 7.29. The fourth-order valence-corrected chi connectivity index (χ4v) is 7.29. The summed E-state index contributed by atoms with van der Waals surface area (Å²) in [5, 5.41) is 0. The summed E-state index contributed by atoms with van der Waals surface area (Å²) in [5.74, 6) is 9.11. The van der Waals surface area contributed by atoms with E-state index < -0.39 is 0 Å². The highest BCUT2D eigenvalue weighted by Crippen LogP contribution is 2.87. The van der Waals surface area contributed by atoms with Gasteiger partial charge in [0.05, 0.1) is 12.2 Å². The van der Waals surface area contributed by atoms with E-state index in [0.29, 0.717) is 5.60 Å². The second-order valence-electron chi connectivity index (χ2n) is 6.58. The Bertz CT molecular complexity index is 315. The summed E-state index contributed by atoms with van der Waals surface area (Å²) in [5.41, 5.74) is 0.505. The van der Waals surface area contributed by atoms with Crippen LogP contribution in [-0.4, -0.2) is 12.2 Å². The Hall–Kier alpha value is -0.0400. The first kappa shape index (κ1) is 5.75. The minimum Gasteiger partial charge on any atom is -0.369 e. The minimum absolute atomic E-state index is 0.505. The molecule has 1 saturated heterocycles. The SMILES string of the molecule is C1[C@@H]2[C@H]3C[C@H]4[C@@H]2[C@H]2[C@H]1[C@@H]3[C@H]4C21CO1. The molecule has 1 heteroatoms. The molecule has 1 unspecified atom stereocenters. The lowest BCUT2D eigenvalue weighted by molar-refractivity contribution is 0.132. The molecule has 0 radical (unpaired) electrons. The van der Waals surface area contributed by atoms with E-state index in [9.17, 15) is 0 Å². The Morgan fingerprint density at radius 2 is 1.38 bits per heavy atom. The van der Waals surface area contributed by atoms with Crippen molar-refractivity contribution in [2.24, 2.45) is 47.3 Å². The number of ether oxygens (including phenoxy) is 1. The van der Waals surface area contributed by atoms with E-state index in [0.717, 1.165) is 42.1 Å². The number of epoxide rings is 1. The molecule has 13 heavy (non-hydrogen) atoms. The van der Waals surface area contributed by atoms with Crippen molar-refractivity contribution in [3.05, 3.63) is 0 Å². The molecule has 7 rings (SSSR count). The minimum atomic E-state index is 0.505. The van der Waals surface area contributed by atoms with Gasteiger partial charge in [0.15, 0.2) is 0 Å². The van der Waals surface area contributed by atoms with Gasteiger partial charge in [0, 0.05) is 0 Å². The van der Waals surface area contributed by atoms with Crippen LogP contribution in [0, 0.1) is 47.3 Å². The van der Waals surface area contributed by atoms with Crippen LogP contribution in [0.3, 0.4) is 0 Å². The molecule has 1 spiro atoms. The van der Waals surface area contributed by atoms with Gasteiger partial charge in [-0.15, -0.1) is 0 Å². The molecule has 0 aromatic heterocycles. The van der Waals surface area contributed by atoms with Gasteiger partial charge in [0.1, 0.15) is 0 Å². The summed E-state index contributed by atoms with van der Waals surface area (Å²) in [7, 11) is 0. The zero-order valence-electron chi connectivity index (χ0n) is 7.65. The summed E-state index contributed by atoms with van der Waals surface area (Å²) in [4.78, 5) is 0. The third-order valence-corrected chi connectivity index (χ3v) is 6.97. The van der Waals surface area contributed by atoms with Gasteiger partial charge in [-0.05, 0) is 60.2 Å². The number of hydrogen-bond acceptors (Lipinski definition) is 1. The van der Waals surface area contributed by atoms with Crippen LogP contribution in [0.2, 0.25) is 0 Å². The molecule has 0 aromatic carbocycles. The quantitative estimate of drug-likeness (QED) is 0.507. The van der Waals surface area contributed by atoms with E-state index in [-0.39, 0.29) is 0 Å². The van der Waals surface area contributed by atoms with Gasteiger partial charge in [-0.1, -0.05) is 0 Å². The Balaban J connectivity index is 1.78. The van der Waals surface area contributed by atoms with Crippen molar-refractivity contribution in [2.75, 3.05) is 6.61 Å². The van der Waals surface area contributed by atoms with Crippen LogP contribution in [0.4, 0.5) is 0 Å². The Kier molecular flexibility index (Phi) is 0.551. The monoisotopic (exact) mass is 174 g/mol. The van der Waals surface area contributed by atoms with E-state index in [1.165, 1.54) is 11.8 Å². The van der Waals surface area contributed by atoms with Crippen molar-refractivity contribution < 1.29 is 4.74 Å². The molecule has 68 valence electrons. The van der Waals surface area contributed by atoms with Crippen molar-refractivity contribution in [2.45, 2.75) is 18.4 Å². The van der Waals surface area contributed by atoms with Crippen molar-refractivity contribution in [1.29, 1.82) is 0 Å². The lowest BCUT2D eigenvalue weighted by Crippen LogP contribution is -2.30. The molecule has 9 atom stereocenters. The van der Waals surface area contributed by atoms with Gasteiger partial charge in [0.25, 0.3) is 0 Å². The molecule has 0 N–H and O–H groups in total. The van der Waals surface area contributed by atoms with Gasteiger partial charge >= 0.3 is 0 Å². The van der Waals surface area contributed by atoms with Crippen LogP contribution in [0.5, 0.6) is 0 Å². The molecule has 6 aliphatic carbocycles. The molecule has 6 bridgehead atoms. The second kappa shape index (κ2) is 1.25. The first-order valence-electron chi connectivity index (χ1n) is 6.06. The largest absolute Gasteiger partial charge is 0.369 e. The van der Waals surface area contributed by atoms with Gasteiger partial charge in [-0.3, -0.25) is 0 Å². The third-order valence-electron chi connectivity index (χ3n) is 6.97. The predicted octanol–water partition coefficient (Wildman–Crippen LogP) is 1.53. The van der Waals surface area contributed by atoms with Crippen LogP contribution < -0.4 is 0 Å². The molecule has 6 saturated carbocycles. The van der Waals surface area contributed by atoms with Crippen molar-refractivity contribution in [3.8, 4) is 0 Å². The van der Waals surface area contributed by atoms with E-state index >= 15 is 0 Å². The molecular formula is C12H14O. The average Bonchev–Trinajstić information content (AvgIpc) is 2.43. The molecule has 7 aliphatic rings. The molecule has 1 heterocycles. The van der Waals surface area contributed by atoms with Gasteiger partial charge in [0.2, 0.25) is 0 Å². The first-order valence-corrected chi connectivity index (χ1v) is 6.06. The molecule has 1 aliphatic heterocycles. The summed E-state index contributed by atoms with van der Waals surface area (Å²) in [6.45, 7) is 1.15. The zero-order chi connectivity index (χ0) is 7.95. The molecule has 0 amide bonds. The molecular weight excluding hydrogens is 160 g/mol. The van der Waals surface area contributed by atoms with Crippen molar-refractivity contribution in [1.82, 2.24) is 0 Å². The van der Waals surface area contributed by atoms with Crippen LogP contribution >= 0.6 is 0 Å². The predicted molar refractivity (Wildman–Crippen MR) is 45.8 cm³/mol. The maximum absolute atomic E-state index is 5.92. The van der Waals surface area contributed by atoms with Crippen molar-refractivity contribution >= 4 is 0 Å². The highest BCUT2D eigenvalue weighted by molar-refractivity contribution is 5.35. The van der Waals surface area contributed by atoms with Gasteiger partial charge < -0.3 is 4.74 Å². The highest BCUT2D eigenvalue weighted by atomic mass is 16.6. The standard InChI is InChI=1S/C12H14O/c1-4-5-2-7-8(4)10-6(1)9(5)11(7)12(10)3-13-12/h4-11H,1-3H2/t4-,5-,6-,7+,8-,9-,10-,11+,12?/m1/s1. The van der Waals surface area contributed by atoms with E-state index in [1.807, 2.05) is 0 Å². The summed E-state index contributed by atoms with van der Waals surface area (Å²) >= 11 is 0. The topological polar surface area (TPSA) is 12.5 Å². The van der Waals surface area contributed by atoms with E-state index in [2.05, 4.69) is 0 Å². The van der Waals surface area contributed by atoms with Crippen LogP contribution in [0.25, 0.3) is 0 Å². The van der Waals surface area contributed by atoms with Crippen LogP contribution in [0.1, 0.15) is 12.8 Å². The number of hydrogen-bond donors (Lipinski definition) is 0. The second-order valence-corrected chi connectivity index (χ2v) is 6.58.